The van der Waals surface area contributed by atoms with Gasteiger partial charge in [0.25, 0.3) is 10.0 Å². The van der Waals surface area contributed by atoms with Gasteiger partial charge in [-0.1, -0.05) is 26.2 Å². The van der Waals surface area contributed by atoms with Gasteiger partial charge >= 0.3 is 0 Å². The molecule has 0 amide bonds. The Balaban J connectivity index is 2.35. The number of imidazole rings is 1. The van der Waals surface area contributed by atoms with Gasteiger partial charge in [-0.25, -0.2) is 18.5 Å². The topological polar surface area (TPSA) is 78.0 Å². The highest BCUT2D eigenvalue weighted by Crippen LogP contribution is 2.36. The van der Waals surface area contributed by atoms with Gasteiger partial charge in [-0.3, -0.25) is 0 Å². The first-order chi connectivity index (χ1) is 8.43. The van der Waals surface area contributed by atoms with Crippen molar-refractivity contribution in [2.45, 2.75) is 57.0 Å². The molecule has 1 saturated carbocycles. The second kappa shape index (κ2) is 5.01. The van der Waals surface area contributed by atoms with Crippen LogP contribution in [-0.4, -0.2) is 18.0 Å². The first kappa shape index (κ1) is 13.5. The van der Waals surface area contributed by atoms with E-state index in [1.165, 1.54) is 19.3 Å². The van der Waals surface area contributed by atoms with E-state index < -0.39 is 10.0 Å². The van der Waals surface area contributed by atoms with Gasteiger partial charge in [0.2, 0.25) is 0 Å². The lowest BCUT2D eigenvalue weighted by Crippen LogP contribution is -2.23. The molecule has 18 heavy (non-hydrogen) atoms. The summed E-state index contributed by atoms with van der Waals surface area (Å²) in [5.74, 6) is 1.35. The Kier molecular flexibility index (Phi) is 3.77. The van der Waals surface area contributed by atoms with E-state index in [0.29, 0.717) is 12.0 Å². The summed E-state index contributed by atoms with van der Waals surface area (Å²) in [7, 11) is -3.70. The van der Waals surface area contributed by atoms with E-state index in [2.05, 4.69) is 11.9 Å². The van der Waals surface area contributed by atoms with Crippen LogP contribution in [0.4, 0.5) is 0 Å². The number of nitrogens with zero attached hydrogens (tertiary/aromatic N) is 2. The third-order valence-corrected chi connectivity index (χ3v) is 4.72. The Hall–Kier alpha value is -0.880. The average Bonchev–Trinajstić information content (AvgIpc) is 2.71. The molecule has 0 saturated heterocycles. The molecular formula is C12H21N3O2S. The van der Waals surface area contributed by atoms with E-state index in [1.54, 1.807) is 6.20 Å². The smallest absolute Gasteiger partial charge is 0.257 e. The van der Waals surface area contributed by atoms with Gasteiger partial charge in [0, 0.05) is 12.2 Å². The third-order valence-electron chi connectivity index (χ3n) is 3.94. The zero-order valence-corrected chi connectivity index (χ0v) is 11.8. The van der Waals surface area contributed by atoms with Crippen LogP contribution in [0.1, 0.15) is 50.9 Å². The summed E-state index contributed by atoms with van der Waals surface area (Å²) in [6, 6.07) is 0.367. The molecule has 1 aliphatic carbocycles. The summed E-state index contributed by atoms with van der Waals surface area (Å²) < 4.78 is 24.7. The van der Waals surface area contributed by atoms with Crippen LogP contribution in [0.5, 0.6) is 0 Å². The van der Waals surface area contributed by atoms with Crippen LogP contribution in [0, 0.1) is 12.8 Å². The number of hydrogen-bond donors (Lipinski definition) is 1. The lowest BCUT2D eigenvalue weighted by atomic mass is 9.82. The molecule has 2 atom stereocenters. The van der Waals surface area contributed by atoms with E-state index in [1.807, 2.05) is 11.5 Å². The monoisotopic (exact) mass is 271 g/mol. The average molecular weight is 271 g/mol. The maximum Gasteiger partial charge on any atom is 0.257 e. The first-order valence-corrected chi connectivity index (χ1v) is 8.06. The molecule has 2 rings (SSSR count). The Bertz CT molecular complexity index is 521. The zero-order chi connectivity index (χ0) is 13.3. The van der Waals surface area contributed by atoms with Gasteiger partial charge in [0.1, 0.15) is 5.82 Å². The number of aromatic nitrogens is 2. The lowest BCUT2D eigenvalue weighted by molar-refractivity contribution is 0.229. The molecule has 1 heterocycles. The molecule has 2 N–H and O–H groups in total. The number of nitrogens with two attached hydrogens (primary N) is 1. The molecule has 0 bridgehead atoms. The molecule has 1 fully saturated rings. The third kappa shape index (κ3) is 2.59. The molecule has 0 aliphatic heterocycles. The van der Waals surface area contributed by atoms with Gasteiger partial charge in [-0.15, -0.1) is 0 Å². The Morgan fingerprint density at radius 1 is 1.44 bits per heavy atom. The van der Waals surface area contributed by atoms with Gasteiger partial charge in [0.05, 0.1) is 0 Å². The van der Waals surface area contributed by atoms with Crippen molar-refractivity contribution >= 4 is 10.0 Å². The fraction of sp³-hybridized carbons (Fsp3) is 0.750. The van der Waals surface area contributed by atoms with Crippen LogP contribution in [0.2, 0.25) is 0 Å². The highest BCUT2D eigenvalue weighted by molar-refractivity contribution is 7.89. The highest BCUT2D eigenvalue weighted by Gasteiger charge is 2.27. The standard InChI is InChI=1S/C12H21N3O2S/c1-3-10-6-4-5-7-11(10)15-8-12(14-9(15)2)18(13,16)17/h8,10-11H,3-7H2,1-2H3,(H2,13,16,17). The summed E-state index contributed by atoms with van der Waals surface area (Å²) in [6.45, 7) is 4.03. The van der Waals surface area contributed by atoms with Gasteiger partial charge in [-0.05, 0) is 25.7 Å². The van der Waals surface area contributed by atoms with Crippen molar-refractivity contribution in [3.05, 3.63) is 12.0 Å². The van der Waals surface area contributed by atoms with Crippen molar-refractivity contribution in [1.82, 2.24) is 9.55 Å². The molecule has 0 radical (unpaired) electrons. The Morgan fingerprint density at radius 2 is 2.11 bits per heavy atom. The number of primary sulfonamides is 1. The number of rotatable bonds is 3. The van der Waals surface area contributed by atoms with Crippen molar-refractivity contribution in [2.75, 3.05) is 0 Å². The fourth-order valence-electron chi connectivity index (χ4n) is 2.96. The summed E-state index contributed by atoms with van der Waals surface area (Å²) in [5, 5.41) is 5.12. The molecular weight excluding hydrogens is 250 g/mol. The minimum Gasteiger partial charge on any atom is -0.330 e. The summed E-state index contributed by atoms with van der Waals surface area (Å²) in [6.07, 6.45) is 7.49. The Labute approximate surface area is 108 Å². The van der Waals surface area contributed by atoms with Crippen molar-refractivity contribution < 1.29 is 8.42 Å². The molecule has 1 aromatic heterocycles. The molecule has 5 nitrogen and oxygen atoms in total. The Morgan fingerprint density at radius 3 is 2.67 bits per heavy atom. The SMILES string of the molecule is CCC1CCCCC1n1cc(S(N)(=O)=O)nc1C. The maximum absolute atomic E-state index is 11.3. The van der Waals surface area contributed by atoms with E-state index in [-0.39, 0.29) is 5.03 Å². The van der Waals surface area contributed by atoms with Gasteiger partial charge in [0.15, 0.2) is 5.03 Å². The summed E-state index contributed by atoms with van der Waals surface area (Å²) in [5.41, 5.74) is 0. The maximum atomic E-state index is 11.3. The van der Waals surface area contributed by atoms with Gasteiger partial charge < -0.3 is 4.57 Å². The van der Waals surface area contributed by atoms with Crippen LogP contribution >= 0.6 is 0 Å². The largest absolute Gasteiger partial charge is 0.330 e. The predicted octanol–water partition coefficient (Wildman–Crippen LogP) is 1.98. The zero-order valence-electron chi connectivity index (χ0n) is 11.0. The molecule has 2 unspecified atom stereocenters. The van der Waals surface area contributed by atoms with E-state index in [9.17, 15) is 8.42 Å². The second-order valence-corrected chi connectivity index (χ2v) is 6.61. The van der Waals surface area contributed by atoms with E-state index in [4.69, 9.17) is 5.14 Å². The highest BCUT2D eigenvalue weighted by atomic mass is 32.2. The molecule has 6 heteroatoms. The van der Waals surface area contributed by atoms with Crippen molar-refractivity contribution in [1.29, 1.82) is 0 Å². The normalized spacial score (nSPS) is 25.3. The van der Waals surface area contributed by atoms with Crippen LogP contribution < -0.4 is 5.14 Å². The number of aryl methyl sites for hydroxylation is 1. The van der Waals surface area contributed by atoms with Crippen molar-refractivity contribution in [3.63, 3.8) is 0 Å². The summed E-state index contributed by atoms with van der Waals surface area (Å²) in [4.78, 5) is 4.08. The molecule has 1 aromatic rings. The van der Waals surface area contributed by atoms with Crippen LogP contribution in [-0.2, 0) is 10.0 Å². The van der Waals surface area contributed by atoms with Crippen LogP contribution in [0.3, 0.4) is 0 Å². The fourth-order valence-corrected chi connectivity index (χ4v) is 3.48. The quantitative estimate of drug-likeness (QED) is 0.913. The van der Waals surface area contributed by atoms with Crippen molar-refractivity contribution in [2.24, 2.45) is 11.1 Å². The van der Waals surface area contributed by atoms with E-state index >= 15 is 0 Å². The van der Waals surface area contributed by atoms with Crippen LogP contribution in [0.25, 0.3) is 0 Å². The second-order valence-electron chi connectivity index (χ2n) is 5.10. The van der Waals surface area contributed by atoms with Gasteiger partial charge in [-0.2, -0.15) is 0 Å². The number of sulfonamides is 1. The molecule has 0 aromatic carbocycles. The van der Waals surface area contributed by atoms with Crippen molar-refractivity contribution in [3.8, 4) is 0 Å². The lowest BCUT2D eigenvalue weighted by Gasteiger charge is -2.32. The van der Waals surface area contributed by atoms with Crippen LogP contribution in [0.15, 0.2) is 11.2 Å². The predicted molar refractivity (Wildman–Crippen MR) is 69.6 cm³/mol. The molecule has 1 aliphatic rings. The minimum atomic E-state index is -3.70. The summed E-state index contributed by atoms with van der Waals surface area (Å²) >= 11 is 0. The number of hydrogen-bond acceptors (Lipinski definition) is 3. The van der Waals surface area contributed by atoms with E-state index in [0.717, 1.165) is 18.7 Å². The molecule has 0 spiro atoms. The molecule has 102 valence electrons. The first-order valence-electron chi connectivity index (χ1n) is 6.51. The minimum absolute atomic E-state index is 0.0135.